The first-order valence-electron chi connectivity index (χ1n) is 7.82. The average Bonchev–Trinajstić information content (AvgIpc) is 2.57. The maximum absolute atomic E-state index is 7.67. The van der Waals surface area contributed by atoms with Gasteiger partial charge in [-0.15, -0.1) is 0 Å². The van der Waals surface area contributed by atoms with E-state index >= 15 is 0 Å². The van der Waals surface area contributed by atoms with Gasteiger partial charge >= 0.3 is 0 Å². The van der Waals surface area contributed by atoms with Crippen molar-refractivity contribution in [2.24, 2.45) is 17.2 Å². The molecule has 0 bridgehead atoms. The van der Waals surface area contributed by atoms with Gasteiger partial charge < -0.3 is 46.7 Å². The summed E-state index contributed by atoms with van der Waals surface area (Å²) in [6.45, 7) is 11.6. The van der Waals surface area contributed by atoms with Crippen LogP contribution in [0.3, 0.4) is 0 Å². The molecule has 9 N–H and O–H groups in total. The summed E-state index contributed by atoms with van der Waals surface area (Å²) in [6.07, 6.45) is -1.56. The second kappa shape index (κ2) is 37.7. The van der Waals surface area contributed by atoms with E-state index in [2.05, 4.69) is 0 Å². The molecule has 0 fully saturated rings. The highest BCUT2D eigenvalue weighted by atomic mass is 16.5. The Morgan fingerprint density at radius 3 is 0.957 bits per heavy atom. The molecule has 0 spiro atoms. The van der Waals surface area contributed by atoms with E-state index in [0.29, 0.717) is 39.5 Å². The molecular formula is C14H39N3O6. The second-order valence-electron chi connectivity index (χ2n) is 3.62. The molecule has 0 amide bonds. The Hall–Kier alpha value is -0.360. The van der Waals surface area contributed by atoms with Gasteiger partial charge in [0.2, 0.25) is 0 Å². The van der Waals surface area contributed by atoms with E-state index < -0.39 is 12.9 Å². The number of hydrogen-bond donors (Lipinski definition) is 6. The molecule has 146 valence electrons. The molecule has 9 heteroatoms. The molecule has 0 saturated heterocycles. The number of aliphatic hydroxyl groups excluding tert-OH is 2. The normalized spacial score (nSPS) is 9.13. The molecule has 0 aliphatic heterocycles. The zero-order valence-corrected chi connectivity index (χ0v) is 14.9. The summed E-state index contributed by atoms with van der Waals surface area (Å²) >= 11 is 0. The van der Waals surface area contributed by atoms with Crippen LogP contribution in [-0.2, 0) is 14.2 Å². The standard InChI is InChI=1S/3C4H11NO.C2H6O3/c3*1-2-6-4-3-5;3-1-2(4)5/h3*2-5H2,1H3;2-5H,1H2. The molecule has 0 saturated carbocycles. The third-order valence-electron chi connectivity index (χ3n) is 1.56. The number of rotatable bonds is 10. The lowest BCUT2D eigenvalue weighted by Crippen LogP contribution is -2.08. The van der Waals surface area contributed by atoms with Crippen LogP contribution in [0, 0.1) is 0 Å². The highest BCUT2D eigenvalue weighted by Crippen LogP contribution is 1.66. The van der Waals surface area contributed by atoms with Crippen molar-refractivity contribution in [2.45, 2.75) is 27.1 Å². The van der Waals surface area contributed by atoms with E-state index in [1.807, 2.05) is 20.8 Å². The van der Waals surface area contributed by atoms with E-state index in [4.69, 9.17) is 46.7 Å². The van der Waals surface area contributed by atoms with Crippen LogP contribution in [0.4, 0.5) is 0 Å². The van der Waals surface area contributed by atoms with Crippen molar-refractivity contribution < 1.29 is 29.5 Å². The Bertz CT molecular complexity index is 125. The average molecular weight is 345 g/mol. The summed E-state index contributed by atoms with van der Waals surface area (Å²) in [4.78, 5) is 0. The number of nitrogens with two attached hydrogens (primary N) is 3. The van der Waals surface area contributed by atoms with Gasteiger partial charge in [0.05, 0.1) is 26.4 Å². The molecule has 9 nitrogen and oxygen atoms in total. The molecule has 0 aliphatic rings. The highest BCUT2D eigenvalue weighted by Gasteiger charge is 1.85. The second-order valence-corrected chi connectivity index (χ2v) is 3.62. The fourth-order valence-corrected chi connectivity index (χ4v) is 0.683. The number of ether oxygens (including phenoxy) is 3. The molecule has 0 aromatic carbocycles. The van der Waals surface area contributed by atoms with Gasteiger partial charge in [-0.05, 0) is 20.8 Å². The lowest BCUT2D eigenvalue weighted by Gasteiger charge is -1.91. The molecule has 0 unspecified atom stereocenters. The minimum atomic E-state index is -1.56. The van der Waals surface area contributed by atoms with Crippen LogP contribution in [0.25, 0.3) is 0 Å². The van der Waals surface area contributed by atoms with E-state index in [1.165, 1.54) is 0 Å². The lowest BCUT2D eigenvalue weighted by atomic mass is 10.7. The summed E-state index contributed by atoms with van der Waals surface area (Å²) in [5, 5.41) is 23.0. The van der Waals surface area contributed by atoms with Crippen LogP contribution in [0.15, 0.2) is 0 Å². The Kier molecular flexibility index (Phi) is 50.0. The smallest absolute Gasteiger partial charge is 0.175 e. The minimum Gasteiger partial charge on any atom is -0.391 e. The molecule has 0 heterocycles. The van der Waals surface area contributed by atoms with Gasteiger partial charge in [-0.25, -0.2) is 0 Å². The van der Waals surface area contributed by atoms with Gasteiger partial charge in [-0.3, -0.25) is 0 Å². The third-order valence-corrected chi connectivity index (χ3v) is 1.56. The highest BCUT2D eigenvalue weighted by molar-refractivity contribution is 4.26. The topological polar surface area (TPSA) is 166 Å². The van der Waals surface area contributed by atoms with Crippen molar-refractivity contribution in [3.05, 3.63) is 0 Å². The maximum atomic E-state index is 7.67. The number of aliphatic hydroxyl groups is 3. The molecule has 0 aromatic heterocycles. The molecule has 0 aliphatic carbocycles. The summed E-state index contributed by atoms with van der Waals surface area (Å²) in [5.74, 6) is 0. The zero-order valence-electron chi connectivity index (χ0n) is 14.9. The van der Waals surface area contributed by atoms with Crippen LogP contribution in [0.2, 0.25) is 0 Å². The van der Waals surface area contributed by atoms with Crippen LogP contribution >= 0.6 is 0 Å². The number of hydrogen-bond acceptors (Lipinski definition) is 9. The first kappa shape index (κ1) is 30.5. The summed E-state index contributed by atoms with van der Waals surface area (Å²) in [5.41, 5.74) is 15.3. The van der Waals surface area contributed by atoms with E-state index in [1.54, 1.807) is 0 Å². The quantitative estimate of drug-likeness (QED) is 0.198. The molecule has 0 radical (unpaired) electrons. The molecule has 0 rings (SSSR count). The van der Waals surface area contributed by atoms with Crippen molar-refractivity contribution in [1.82, 2.24) is 0 Å². The predicted molar refractivity (Wildman–Crippen MR) is 92.0 cm³/mol. The van der Waals surface area contributed by atoms with Gasteiger partial charge in [0.15, 0.2) is 6.29 Å². The van der Waals surface area contributed by atoms with Crippen LogP contribution in [0.5, 0.6) is 0 Å². The molecule has 0 atom stereocenters. The van der Waals surface area contributed by atoms with Gasteiger partial charge in [-0.2, -0.15) is 0 Å². The summed E-state index contributed by atoms with van der Waals surface area (Å²) in [6, 6.07) is 0. The van der Waals surface area contributed by atoms with Crippen LogP contribution in [0.1, 0.15) is 20.8 Å². The van der Waals surface area contributed by atoms with E-state index in [-0.39, 0.29) is 0 Å². The van der Waals surface area contributed by atoms with Crippen molar-refractivity contribution in [3.63, 3.8) is 0 Å². The van der Waals surface area contributed by atoms with Crippen LogP contribution < -0.4 is 17.2 Å². The van der Waals surface area contributed by atoms with Crippen molar-refractivity contribution in [1.29, 1.82) is 0 Å². The first-order valence-corrected chi connectivity index (χ1v) is 7.82. The Morgan fingerprint density at radius 1 is 0.696 bits per heavy atom. The monoisotopic (exact) mass is 345 g/mol. The SMILES string of the molecule is CCOCCN.CCOCCN.CCOCCN.OCC(O)O. The predicted octanol–water partition coefficient (Wildman–Crippen LogP) is -1.77. The summed E-state index contributed by atoms with van der Waals surface area (Å²) in [7, 11) is 0. The van der Waals surface area contributed by atoms with E-state index in [0.717, 1.165) is 19.8 Å². The largest absolute Gasteiger partial charge is 0.391 e. The third kappa shape index (κ3) is 73.7. The maximum Gasteiger partial charge on any atom is 0.175 e. The van der Waals surface area contributed by atoms with Crippen molar-refractivity contribution in [2.75, 3.05) is 65.9 Å². The summed E-state index contributed by atoms with van der Waals surface area (Å²) < 4.78 is 14.6. The molecular weight excluding hydrogens is 306 g/mol. The fraction of sp³-hybridized carbons (Fsp3) is 1.00. The first-order chi connectivity index (χ1) is 11.0. The van der Waals surface area contributed by atoms with Gasteiger partial charge in [0.1, 0.15) is 0 Å². The van der Waals surface area contributed by atoms with Crippen molar-refractivity contribution in [3.8, 4) is 0 Å². The van der Waals surface area contributed by atoms with Gasteiger partial charge in [0.25, 0.3) is 0 Å². The van der Waals surface area contributed by atoms with E-state index in [9.17, 15) is 0 Å². The molecule has 23 heavy (non-hydrogen) atoms. The Balaban J connectivity index is -0.000000105. The van der Waals surface area contributed by atoms with Crippen LogP contribution in [-0.4, -0.2) is 87.5 Å². The van der Waals surface area contributed by atoms with Crippen molar-refractivity contribution >= 4 is 0 Å². The van der Waals surface area contributed by atoms with Gasteiger partial charge in [-0.1, -0.05) is 0 Å². The Morgan fingerprint density at radius 2 is 0.913 bits per heavy atom. The molecule has 0 aromatic rings. The fourth-order valence-electron chi connectivity index (χ4n) is 0.683. The zero-order chi connectivity index (χ0) is 18.8. The minimum absolute atomic E-state index is 0.583. The lowest BCUT2D eigenvalue weighted by molar-refractivity contribution is -0.0747. The Labute approximate surface area is 140 Å². The van der Waals surface area contributed by atoms with Gasteiger partial charge in [0, 0.05) is 39.5 Å².